The number of nitrogens with two attached hydrogens (primary N) is 1. The Morgan fingerprint density at radius 3 is 2.84 bits per heavy atom. The molecule has 5 rings (SSSR count). The van der Waals surface area contributed by atoms with Crippen LogP contribution in [-0.4, -0.2) is 57.7 Å². The van der Waals surface area contributed by atoms with E-state index in [4.69, 9.17) is 10.6 Å². The molecule has 2 aliphatic rings. The van der Waals surface area contributed by atoms with Crippen molar-refractivity contribution in [1.82, 2.24) is 19.9 Å². The lowest BCUT2D eigenvalue weighted by Gasteiger charge is -2.28. The summed E-state index contributed by atoms with van der Waals surface area (Å²) in [7, 11) is 0. The SMILES string of the molecule is Cc1nc(N)nc2c1/C(=N/OCCCN1CCC(F)(F)C1)CC(c1ccc(F)cc1-c1cccnc1)C2. The number of oxime groups is 1. The molecule has 1 unspecified atom stereocenters. The predicted molar refractivity (Wildman–Crippen MR) is 135 cm³/mol. The molecule has 0 spiro atoms. The lowest BCUT2D eigenvalue weighted by Crippen LogP contribution is -2.27. The average Bonchev–Trinajstić information content (AvgIpc) is 3.22. The number of nitrogens with zero attached hydrogens (tertiary/aromatic N) is 5. The van der Waals surface area contributed by atoms with E-state index in [1.807, 2.05) is 19.1 Å². The Morgan fingerprint density at radius 2 is 2.08 bits per heavy atom. The molecular formula is C27H29F3N6O. The lowest BCUT2D eigenvalue weighted by molar-refractivity contribution is 0.0113. The maximum absolute atomic E-state index is 14.3. The minimum Gasteiger partial charge on any atom is -0.396 e. The van der Waals surface area contributed by atoms with E-state index in [-0.39, 0.29) is 30.6 Å². The fraction of sp³-hybridized carbons (Fsp3) is 0.407. The first-order valence-corrected chi connectivity index (χ1v) is 12.4. The maximum Gasteiger partial charge on any atom is 0.261 e. The van der Waals surface area contributed by atoms with Gasteiger partial charge in [0.15, 0.2) is 0 Å². The number of rotatable bonds is 7. The quantitative estimate of drug-likeness (QED) is 0.365. The van der Waals surface area contributed by atoms with E-state index in [0.29, 0.717) is 50.4 Å². The van der Waals surface area contributed by atoms with Crippen LogP contribution in [0.5, 0.6) is 0 Å². The van der Waals surface area contributed by atoms with Gasteiger partial charge in [-0.15, -0.1) is 0 Å². The zero-order chi connectivity index (χ0) is 26.0. The average molecular weight is 511 g/mol. The molecule has 3 heterocycles. The van der Waals surface area contributed by atoms with Crippen molar-refractivity contribution >= 4 is 11.7 Å². The summed E-state index contributed by atoms with van der Waals surface area (Å²) in [6.07, 6.45) is 5.01. The number of aromatic nitrogens is 3. The van der Waals surface area contributed by atoms with Crippen LogP contribution in [0, 0.1) is 12.7 Å². The zero-order valence-electron chi connectivity index (χ0n) is 20.6. The molecule has 2 N–H and O–H groups in total. The van der Waals surface area contributed by atoms with E-state index in [1.165, 1.54) is 12.1 Å². The Balaban J connectivity index is 1.38. The molecule has 2 aromatic heterocycles. The van der Waals surface area contributed by atoms with E-state index in [2.05, 4.69) is 20.1 Å². The molecule has 1 aliphatic heterocycles. The minimum absolute atomic E-state index is 0.0498. The predicted octanol–water partition coefficient (Wildman–Crippen LogP) is 4.75. The van der Waals surface area contributed by atoms with Crippen molar-refractivity contribution in [2.75, 3.05) is 32.0 Å². The van der Waals surface area contributed by atoms with Gasteiger partial charge in [0, 0.05) is 49.5 Å². The van der Waals surface area contributed by atoms with Gasteiger partial charge >= 0.3 is 0 Å². The highest BCUT2D eigenvalue weighted by atomic mass is 19.3. The molecule has 37 heavy (non-hydrogen) atoms. The van der Waals surface area contributed by atoms with E-state index < -0.39 is 5.92 Å². The first-order valence-electron chi connectivity index (χ1n) is 12.4. The fourth-order valence-corrected chi connectivity index (χ4v) is 5.25. The fourth-order valence-electron chi connectivity index (χ4n) is 5.25. The summed E-state index contributed by atoms with van der Waals surface area (Å²) in [6.45, 7) is 2.89. The van der Waals surface area contributed by atoms with Gasteiger partial charge in [-0.1, -0.05) is 17.3 Å². The van der Waals surface area contributed by atoms with E-state index >= 15 is 0 Å². The minimum atomic E-state index is -2.60. The van der Waals surface area contributed by atoms with Crippen molar-refractivity contribution in [2.24, 2.45) is 5.16 Å². The molecule has 0 bridgehead atoms. The van der Waals surface area contributed by atoms with Gasteiger partial charge in [-0.2, -0.15) is 0 Å². The summed E-state index contributed by atoms with van der Waals surface area (Å²) >= 11 is 0. The van der Waals surface area contributed by atoms with Gasteiger partial charge in [0.1, 0.15) is 12.4 Å². The first kappa shape index (κ1) is 25.1. The van der Waals surface area contributed by atoms with Crippen LogP contribution in [0.3, 0.4) is 0 Å². The van der Waals surface area contributed by atoms with Crippen LogP contribution in [0.15, 0.2) is 47.9 Å². The largest absolute Gasteiger partial charge is 0.396 e. The van der Waals surface area contributed by atoms with Crippen molar-refractivity contribution in [3.8, 4) is 11.1 Å². The van der Waals surface area contributed by atoms with Gasteiger partial charge in [-0.3, -0.25) is 9.88 Å². The highest BCUT2D eigenvalue weighted by Gasteiger charge is 2.37. The lowest BCUT2D eigenvalue weighted by atomic mass is 9.78. The molecule has 0 saturated carbocycles. The number of hydrogen-bond donors (Lipinski definition) is 1. The summed E-state index contributed by atoms with van der Waals surface area (Å²) in [4.78, 5) is 20.4. The highest BCUT2D eigenvalue weighted by molar-refractivity contribution is 6.03. The second-order valence-corrected chi connectivity index (χ2v) is 9.67. The Hall–Kier alpha value is -3.53. The number of likely N-dealkylation sites (tertiary alicyclic amines) is 1. The molecule has 1 atom stereocenters. The van der Waals surface area contributed by atoms with Gasteiger partial charge in [0.25, 0.3) is 5.92 Å². The molecule has 10 heteroatoms. The van der Waals surface area contributed by atoms with Gasteiger partial charge in [-0.25, -0.2) is 23.1 Å². The highest BCUT2D eigenvalue weighted by Crippen LogP contribution is 2.38. The third-order valence-corrected chi connectivity index (χ3v) is 6.91. The summed E-state index contributed by atoms with van der Waals surface area (Å²) in [6, 6.07) is 8.51. The number of nitrogen functional groups attached to an aromatic ring is 1. The van der Waals surface area contributed by atoms with Gasteiger partial charge in [0.2, 0.25) is 5.95 Å². The number of benzene rings is 1. The molecule has 1 aromatic carbocycles. The van der Waals surface area contributed by atoms with Gasteiger partial charge in [0.05, 0.1) is 23.6 Å². The molecule has 0 amide bonds. The van der Waals surface area contributed by atoms with Crippen LogP contribution in [0.2, 0.25) is 0 Å². The number of anilines is 1. The molecule has 194 valence electrons. The summed E-state index contributed by atoms with van der Waals surface area (Å²) < 4.78 is 41.1. The molecular weight excluding hydrogens is 481 g/mol. The van der Waals surface area contributed by atoms with Crippen LogP contribution in [-0.2, 0) is 11.3 Å². The van der Waals surface area contributed by atoms with E-state index in [0.717, 1.165) is 27.9 Å². The number of pyridine rings is 1. The number of fused-ring (bicyclic) bond motifs is 1. The zero-order valence-corrected chi connectivity index (χ0v) is 20.6. The second-order valence-electron chi connectivity index (χ2n) is 9.67. The maximum atomic E-state index is 14.3. The monoisotopic (exact) mass is 510 g/mol. The van der Waals surface area contributed by atoms with Crippen molar-refractivity contribution in [2.45, 2.75) is 44.4 Å². The molecule has 0 radical (unpaired) electrons. The van der Waals surface area contributed by atoms with Gasteiger partial charge < -0.3 is 10.6 Å². The standard InChI is InChI=1S/C27H29F3N6O/c1-17-25-23(34-26(31)33-17)12-19(21-6-5-20(28)14-22(21)18-4-2-8-32-15-18)13-24(25)35-37-11-3-9-36-10-7-27(29,30)16-36/h2,4-6,8,14-15,19H,3,7,9-13,16H2,1H3,(H2,31,33,34)/b35-24+. The third-order valence-electron chi connectivity index (χ3n) is 6.91. The second kappa shape index (κ2) is 10.5. The van der Waals surface area contributed by atoms with E-state index in [9.17, 15) is 13.2 Å². The molecule has 1 fully saturated rings. The topological polar surface area (TPSA) is 89.5 Å². The smallest absolute Gasteiger partial charge is 0.261 e. The van der Waals surface area contributed by atoms with Crippen LogP contribution in [0.25, 0.3) is 11.1 Å². The summed E-state index contributed by atoms with van der Waals surface area (Å²) in [5.74, 6) is -2.79. The summed E-state index contributed by atoms with van der Waals surface area (Å²) in [5.41, 5.74) is 11.5. The van der Waals surface area contributed by atoms with E-state index in [1.54, 1.807) is 23.4 Å². The number of halogens is 3. The van der Waals surface area contributed by atoms with Crippen LogP contribution >= 0.6 is 0 Å². The molecule has 1 aliphatic carbocycles. The Kier molecular flexibility index (Phi) is 7.10. The molecule has 7 nitrogen and oxygen atoms in total. The van der Waals surface area contributed by atoms with Crippen LogP contribution in [0.4, 0.5) is 19.1 Å². The number of alkyl halides is 2. The normalized spacial score (nSPS) is 20.2. The Labute approximate surface area is 213 Å². The van der Waals surface area contributed by atoms with Gasteiger partial charge in [-0.05, 0) is 55.0 Å². The third kappa shape index (κ3) is 5.74. The van der Waals surface area contributed by atoms with Crippen LogP contribution in [0.1, 0.15) is 47.7 Å². The Bertz CT molecular complexity index is 1300. The molecule has 1 saturated heterocycles. The number of aryl methyl sites for hydroxylation is 1. The van der Waals surface area contributed by atoms with Crippen molar-refractivity contribution in [3.05, 3.63) is 71.1 Å². The van der Waals surface area contributed by atoms with Crippen LogP contribution < -0.4 is 5.73 Å². The number of hydrogen-bond acceptors (Lipinski definition) is 7. The van der Waals surface area contributed by atoms with Crippen molar-refractivity contribution in [3.63, 3.8) is 0 Å². The summed E-state index contributed by atoms with van der Waals surface area (Å²) in [5, 5.41) is 4.45. The van der Waals surface area contributed by atoms with Crippen molar-refractivity contribution in [1.29, 1.82) is 0 Å². The Morgan fingerprint density at radius 1 is 1.22 bits per heavy atom. The van der Waals surface area contributed by atoms with Crippen molar-refractivity contribution < 1.29 is 18.0 Å². The molecule has 3 aromatic rings. The first-order chi connectivity index (χ1) is 17.8.